The van der Waals surface area contributed by atoms with Crippen molar-refractivity contribution in [3.8, 4) is 6.07 Å². The minimum absolute atomic E-state index is 0.232. The second-order valence-electron chi connectivity index (χ2n) is 5.25. The largest absolute Gasteiger partial charge is 0.465 e. The molecule has 0 unspecified atom stereocenters. The fourth-order valence-electron chi connectivity index (χ4n) is 1.67. The van der Waals surface area contributed by atoms with E-state index in [1.165, 1.54) is 6.07 Å². The fraction of sp³-hybridized carbons (Fsp3) is 0.467. The number of carbonyl (C=O) groups is 1. The summed E-state index contributed by atoms with van der Waals surface area (Å²) in [5, 5.41) is 8.77. The van der Waals surface area contributed by atoms with Crippen molar-refractivity contribution in [3.63, 3.8) is 0 Å². The van der Waals surface area contributed by atoms with E-state index >= 15 is 0 Å². The Bertz CT molecular complexity index is 629. The first kappa shape index (κ1) is 17.2. The number of rotatable bonds is 7. The van der Waals surface area contributed by atoms with E-state index in [2.05, 4.69) is 0 Å². The molecule has 0 aliphatic carbocycles. The Morgan fingerprint density at radius 3 is 2.71 bits per heavy atom. The van der Waals surface area contributed by atoms with Crippen LogP contribution >= 0.6 is 0 Å². The minimum Gasteiger partial charge on any atom is -0.465 e. The molecule has 5 nitrogen and oxygen atoms in total. The highest BCUT2D eigenvalue weighted by atomic mass is 32.2. The zero-order valence-electron chi connectivity index (χ0n) is 12.2. The molecular weight excluding hydrogens is 290 g/mol. The quantitative estimate of drug-likeness (QED) is 0.720. The average Bonchev–Trinajstić information content (AvgIpc) is 2.37. The van der Waals surface area contributed by atoms with Gasteiger partial charge in [0.05, 0.1) is 24.0 Å². The van der Waals surface area contributed by atoms with E-state index < -0.39 is 21.6 Å². The van der Waals surface area contributed by atoms with Crippen LogP contribution in [0.5, 0.6) is 0 Å². The first-order chi connectivity index (χ1) is 9.82. The molecule has 1 aromatic carbocycles. The minimum atomic E-state index is -3.59. The zero-order chi connectivity index (χ0) is 15.9. The van der Waals surface area contributed by atoms with E-state index in [1.807, 2.05) is 19.9 Å². The predicted octanol–water partition coefficient (Wildman–Crippen LogP) is 2.06. The highest BCUT2D eigenvalue weighted by molar-refractivity contribution is 7.91. The molecule has 0 radical (unpaired) electrons. The van der Waals surface area contributed by atoms with Gasteiger partial charge in [-0.25, -0.2) is 8.42 Å². The highest BCUT2D eigenvalue weighted by Gasteiger charge is 2.18. The molecule has 21 heavy (non-hydrogen) atoms. The van der Waals surface area contributed by atoms with Crippen molar-refractivity contribution >= 4 is 15.8 Å². The first-order valence-corrected chi connectivity index (χ1v) is 8.49. The number of carbonyl (C=O) groups excluding carboxylic acids is 1. The van der Waals surface area contributed by atoms with E-state index in [4.69, 9.17) is 10.00 Å². The molecule has 0 fully saturated rings. The second-order valence-corrected chi connectivity index (χ2v) is 7.31. The highest BCUT2D eigenvalue weighted by Crippen LogP contribution is 2.10. The van der Waals surface area contributed by atoms with Crippen molar-refractivity contribution in [2.75, 3.05) is 12.4 Å². The molecule has 0 atom stereocenters. The molecule has 0 aromatic heterocycles. The maximum atomic E-state index is 11.9. The standard InChI is InChI=1S/C15H19NO4S/c1-12(2)6-7-20-15(17)11-21(18,19)10-14-5-3-4-13(8-14)9-16/h3-5,8,12H,6-7,10-11H2,1-2H3. The van der Waals surface area contributed by atoms with Gasteiger partial charge in [-0.05, 0) is 30.0 Å². The van der Waals surface area contributed by atoms with Gasteiger partial charge < -0.3 is 4.74 Å². The lowest BCUT2D eigenvalue weighted by Crippen LogP contribution is -2.20. The summed E-state index contributed by atoms with van der Waals surface area (Å²) in [5.41, 5.74) is 0.881. The Labute approximate surface area is 125 Å². The summed E-state index contributed by atoms with van der Waals surface area (Å²) in [6.07, 6.45) is 0.704. The van der Waals surface area contributed by atoms with Gasteiger partial charge >= 0.3 is 5.97 Å². The SMILES string of the molecule is CC(C)CCOC(=O)CS(=O)(=O)Cc1cccc(C#N)c1. The molecular formula is C15H19NO4S. The molecule has 1 aromatic rings. The molecule has 114 valence electrons. The number of hydrogen-bond acceptors (Lipinski definition) is 5. The molecule has 0 saturated carbocycles. The normalized spacial score (nSPS) is 11.1. The Kier molecular flexibility index (Phi) is 6.38. The number of sulfone groups is 1. The van der Waals surface area contributed by atoms with Crippen LogP contribution in [0.2, 0.25) is 0 Å². The van der Waals surface area contributed by atoms with Gasteiger partial charge in [0.1, 0.15) is 5.75 Å². The monoisotopic (exact) mass is 309 g/mol. The van der Waals surface area contributed by atoms with Crippen molar-refractivity contribution in [2.24, 2.45) is 5.92 Å². The van der Waals surface area contributed by atoms with Crippen LogP contribution in [0, 0.1) is 17.2 Å². The van der Waals surface area contributed by atoms with Crippen LogP contribution in [-0.4, -0.2) is 26.7 Å². The molecule has 1 rings (SSSR count). The Balaban J connectivity index is 2.57. The molecule has 0 amide bonds. The lowest BCUT2D eigenvalue weighted by atomic mass is 10.1. The third kappa shape index (κ3) is 6.91. The number of esters is 1. The van der Waals surface area contributed by atoms with Gasteiger partial charge in [-0.2, -0.15) is 5.26 Å². The van der Waals surface area contributed by atoms with Crippen LogP contribution in [0.3, 0.4) is 0 Å². The molecule has 0 heterocycles. The van der Waals surface area contributed by atoms with Gasteiger partial charge in [0, 0.05) is 0 Å². The topological polar surface area (TPSA) is 84.2 Å². The van der Waals surface area contributed by atoms with Crippen LogP contribution in [0.15, 0.2) is 24.3 Å². The van der Waals surface area contributed by atoms with Gasteiger partial charge in [0.25, 0.3) is 0 Å². The fourth-order valence-corrected chi connectivity index (χ4v) is 2.90. The van der Waals surface area contributed by atoms with Crippen molar-refractivity contribution in [3.05, 3.63) is 35.4 Å². The summed E-state index contributed by atoms with van der Waals surface area (Å²) in [4.78, 5) is 11.5. The van der Waals surface area contributed by atoms with Crippen LogP contribution in [0.4, 0.5) is 0 Å². The van der Waals surface area contributed by atoms with E-state index in [0.717, 1.165) is 0 Å². The van der Waals surface area contributed by atoms with Gasteiger partial charge in [0.2, 0.25) is 0 Å². The van der Waals surface area contributed by atoms with E-state index in [9.17, 15) is 13.2 Å². The number of benzene rings is 1. The number of nitrogens with zero attached hydrogens (tertiary/aromatic N) is 1. The van der Waals surface area contributed by atoms with E-state index in [1.54, 1.807) is 18.2 Å². The molecule has 6 heteroatoms. The van der Waals surface area contributed by atoms with Crippen molar-refractivity contribution < 1.29 is 17.9 Å². The first-order valence-electron chi connectivity index (χ1n) is 6.67. The van der Waals surface area contributed by atoms with Crippen molar-refractivity contribution in [1.29, 1.82) is 5.26 Å². The van der Waals surface area contributed by atoms with Gasteiger partial charge in [-0.1, -0.05) is 26.0 Å². The zero-order valence-corrected chi connectivity index (χ0v) is 13.0. The molecule has 0 aliphatic rings. The van der Waals surface area contributed by atoms with Gasteiger partial charge in [-0.3, -0.25) is 4.79 Å². The summed E-state index contributed by atoms with van der Waals surface area (Å²) < 4.78 is 28.7. The summed E-state index contributed by atoms with van der Waals surface area (Å²) in [7, 11) is -3.59. The third-order valence-electron chi connectivity index (χ3n) is 2.74. The Hall–Kier alpha value is -1.87. The smallest absolute Gasteiger partial charge is 0.321 e. The maximum Gasteiger partial charge on any atom is 0.321 e. The molecule has 0 bridgehead atoms. The number of hydrogen-bond donors (Lipinski definition) is 0. The maximum absolute atomic E-state index is 11.9. The second kappa shape index (κ2) is 7.79. The lowest BCUT2D eigenvalue weighted by Gasteiger charge is -2.07. The Morgan fingerprint density at radius 2 is 2.10 bits per heavy atom. The number of ether oxygens (including phenoxy) is 1. The summed E-state index contributed by atoms with van der Waals surface area (Å²) >= 11 is 0. The summed E-state index contributed by atoms with van der Waals surface area (Å²) in [5.74, 6) is -1.25. The van der Waals surface area contributed by atoms with Crippen LogP contribution in [0.1, 0.15) is 31.4 Å². The average molecular weight is 309 g/mol. The molecule has 0 spiro atoms. The molecule has 0 N–H and O–H groups in total. The molecule has 0 aliphatic heterocycles. The third-order valence-corrected chi connectivity index (χ3v) is 4.19. The van der Waals surface area contributed by atoms with Gasteiger partial charge in [0.15, 0.2) is 9.84 Å². The van der Waals surface area contributed by atoms with E-state index in [-0.39, 0.29) is 12.4 Å². The summed E-state index contributed by atoms with van der Waals surface area (Å²) in [6, 6.07) is 8.27. The van der Waals surface area contributed by atoms with Crippen LogP contribution in [0.25, 0.3) is 0 Å². The van der Waals surface area contributed by atoms with Crippen LogP contribution in [-0.2, 0) is 25.1 Å². The number of nitriles is 1. The Morgan fingerprint density at radius 1 is 1.38 bits per heavy atom. The summed E-state index contributed by atoms with van der Waals surface area (Å²) in [6.45, 7) is 4.22. The van der Waals surface area contributed by atoms with Crippen molar-refractivity contribution in [2.45, 2.75) is 26.0 Å². The lowest BCUT2D eigenvalue weighted by molar-refractivity contribution is -0.140. The van der Waals surface area contributed by atoms with Crippen molar-refractivity contribution in [1.82, 2.24) is 0 Å². The predicted molar refractivity (Wildman–Crippen MR) is 79.1 cm³/mol. The van der Waals surface area contributed by atoms with Crippen LogP contribution < -0.4 is 0 Å². The van der Waals surface area contributed by atoms with Gasteiger partial charge in [-0.15, -0.1) is 0 Å². The molecule has 0 saturated heterocycles. The van der Waals surface area contributed by atoms with E-state index in [0.29, 0.717) is 23.5 Å².